The third-order valence-electron chi connectivity index (χ3n) is 5.13. The predicted molar refractivity (Wildman–Crippen MR) is 101 cm³/mol. The molecule has 22 heavy (non-hydrogen) atoms. The van der Waals surface area contributed by atoms with Crippen LogP contribution in [-0.2, 0) is 26.2 Å². The smallest absolute Gasteiger partial charge is 0.00188 e. The zero-order valence-corrected chi connectivity index (χ0v) is 19.7. The Morgan fingerprint density at radius 2 is 1.14 bits per heavy atom. The number of hydrogen-bond donors (Lipinski definition) is 0. The van der Waals surface area contributed by atoms with Crippen LogP contribution in [0.2, 0.25) is 13.1 Å². The molecule has 0 amide bonds. The van der Waals surface area contributed by atoms with Crippen molar-refractivity contribution in [1.82, 2.24) is 0 Å². The maximum atomic E-state index is 2.48. The van der Waals surface area contributed by atoms with Gasteiger partial charge in [0, 0.05) is 35.0 Å². The summed E-state index contributed by atoms with van der Waals surface area (Å²) in [5, 5.41) is 0. The molecule has 2 unspecified atom stereocenters. The fraction of sp³-hybridized carbons (Fsp3) is 0.526. The molecule has 0 saturated carbocycles. The molecule has 3 heteroatoms. The van der Waals surface area contributed by atoms with E-state index in [0.29, 0.717) is 11.8 Å². The molecule has 0 aromatic carbocycles. The summed E-state index contributed by atoms with van der Waals surface area (Å²) in [5.41, 5.74) is 11.1. The zero-order valence-electron chi connectivity index (χ0n) is 15.3. The Bertz CT molecular complexity index is 506. The Balaban J connectivity index is 0.00000220. The molecule has 0 aliphatic heterocycles. The van der Waals surface area contributed by atoms with Crippen molar-refractivity contribution in [3.63, 3.8) is 0 Å². The summed E-state index contributed by atoms with van der Waals surface area (Å²) < 4.78 is 0. The summed E-state index contributed by atoms with van der Waals surface area (Å²) in [6, 6.07) is 0. The molecule has 0 aromatic heterocycles. The Kier molecular flexibility index (Phi) is 8.44. The molecule has 2 aliphatic carbocycles. The Labute approximate surface area is 164 Å². The first-order chi connectivity index (χ1) is 9.25. The van der Waals surface area contributed by atoms with Crippen molar-refractivity contribution in [3.05, 3.63) is 51.1 Å². The average Bonchev–Trinajstić information content (AvgIpc) is 2.72. The SMILES string of the molecule is CC1=CC(C)=C([C-](C2=C(C)C=C(C)C2C)[SiH](C)C)C1C.Cl.[Zr]. The molecule has 0 N–H and O–H groups in total. The molecular formula is C19H30ClSiZr-. The standard InChI is InChI=1S/C19H29Si.ClH.Zr/c1-11-9-13(3)17(15(11)5)19(20(7)8)18-14(4)10-12(2)16(18)6;;/h9-10,15-16,20H,1-8H3;1H;/q-1;;. The van der Waals surface area contributed by atoms with Crippen molar-refractivity contribution in [2.45, 2.75) is 54.6 Å². The van der Waals surface area contributed by atoms with Crippen LogP contribution in [0.4, 0.5) is 0 Å². The molecule has 0 radical (unpaired) electrons. The van der Waals surface area contributed by atoms with Gasteiger partial charge in [0.15, 0.2) is 0 Å². The van der Waals surface area contributed by atoms with E-state index in [1.807, 2.05) is 0 Å². The van der Waals surface area contributed by atoms with Gasteiger partial charge in [-0.05, 0) is 25.7 Å². The van der Waals surface area contributed by atoms with Crippen LogP contribution in [0.1, 0.15) is 41.5 Å². The van der Waals surface area contributed by atoms with Gasteiger partial charge in [-0.15, -0.1) is 46.9 Å². The second kappa shape index (κ2) is 8.36. The van der Waals surface area contributed by atoms with Gasteiger partial charge < -0.3 is 0 Å². The largest absolute Gasteiger partial charge is 0.154 e. The summed E-state index contributed by atoms with van der Waals surface area (Å²) in [6.07, 6.45) is 4.79. The molecule has 122 valence electrons. The molecule has 0 saturated heterocycles. The first-order valence-corrected chi connectivity index (χ1v) is 10.8. The third kappa shape index (κ3) is 3.82. The summed E-state index contributed by atoms with van der Waals surface area (Å²) in [7, 11) is -0.866. The van der Waals surface area contributed by atoms with Crippen molar-refractivity contribution in [2.24, 2.45) is 11.8 Å². The summed E-state index contributed by atoms with van der Waals surface area (Å²) in [4.78, 5) is 0. The Morgan fingerprint density at radius 1 is 0.818 bits per heavy atom. The summed E-state index contributed by atoms with van der Waals surface area (Å²) in [5.74, 6) is 1.21. The number of hydrogen-bond acceptors (Lipinski definition) is 0. The van der Waals surface area contributed by atoms with Gasteiger partial charge in [-0.2, -0.15) is 5.54 Å². The number of allylic oxidation sites excluding steroid dienone is 8. The fourth-order valence-corrected chi connectivity index (χ4v) is 6.08. The van der Waals surface area contributed by atoms with E-state index < -0.39 is 8.80 Å². The van der Waals surface area contributed by atoms with Gasteiger partial charge in [-0.3, -0.25) is 0 Å². The van der Waals surface area contributed by atoms with Crippen LogP contribution in [-0.4, -0.2) is 8.80 Å². The Morgan fingerprint density at radius 3 is 1.32 bits per heavy atom. The zero-order chi connectivity index (χ0) is 15.2. The molecule has 0 fully saturated rings. The van der Waals surface area contributed by atoms with E-state index in [0.717, 1.165) is 0 Å². The van der Waals surface area contributed by atoms with E-state index in [1.165, 1.54) is 22.3 Å². The van der Waals surface area contributed by atoms with Crippen molar-refractivity contribution in [1.29, 1.82) is 0 Å². The van der Waals surface area contributed by atoms with Crippen LogP contribution in [0.3, 0.4) is 0 Å². The first-order valence-electron chi connectivity index (χ1n) is 7.91. The minimum absolute atomic E-state index is 0. The predicted octanol–water partition coefficient (Wildman–Crippen LogP) is 5.83. The van der Waals surface area contributed by atoms with Crippen molar-refractivity contribution >= 4 is 21.2 Å². The summed E-state index contributed by atoms with van der Waals surface area (Å²) >= 11 is 0. The van der Waals surface area contributed by atoms with Crippen molar-refractivity contribution in [3.8, 4) is 0 Å². The average molecular weight is 413 g/mol. The van der Waals surface area contributed by atoms with Crippen LogP contribution in [0.5, 0.6) is 0 Å². The van der Waals surface area contributed by atoms with Crippen LogP contribution in [0.15, 0.2) is 45.6 Å². The topological polar surface area (TPSA) is 0 Å². The maximum Gasteiger partial charge on any atom is 0.00188 e. The van der Waals surface area contributed by atoms with Gasteiger partial charge in [0.2, 0.25) is 0 Å². The van der Waals surface area contributed by atoms with E-state index in [4.69, 9.17) is 0 Å². The van der Waals surface area contributed by atoms with Crippen LogP contribution in [0, 0.1) is 17.4 Å². The van der Waals surface area contributed by atoms with Crippen LogP contribution >= 0.6 is 12.4 Å². The van der Waals surface area contributed by atoms with Crippen LogP contribution in [0.25, 0.3) is 0 Å². The Hall–Kier alpha value is 0.220. The van der Waals surface area contributed by atoms with Crippen molar-refractivity contribution in [2.75, 3.05) is 0 Å². The molecule has 0 nitrogen and oxygen atoms in total. The van der Waals surface area contributed by atoms with Gasteiger partial charge >= 0.3 is 0 Å². The van der Waals surface area contributed by atoms with E-state index in [-0.39, 0.29) is 38.6 Å². The molecule has 2 aliphatic rings. The number of rotatable bonds is 3. The molecule has 0 aromatic rings. The second-order valence-corrected chi connectivity index (χ2v) is 9.87. The molecule has 0 bridgehead atoms. The molecule has 0 heterocycles. The normalized spacial score (nSPS) is 24.2. The molecule has 2 atom stereocenters. The van der Waals surface area contributed by atoms with Gasteiger partial charge in [0.05, 0.1) is 0 Å². The first kappa shape index (κ1) is 22.2. The van der Waals surface area contributed by atoms with Gasteiger partial charge in [-0.25, -0.2) is 0 Å². The van der Waals surface area contributed by atoms with E-state index in [9.17, 15) is 0 Å². The van der Waals surface area contributed by atoms with Crippen molar-refractivity contribution < 1.29 is 26.2 Å². The van der Waals surface area contributed by atoms with Crippen LogP contribution < -0.4 is 0 Å². The van der Waals surface area contributed by atoms with E-state index in [1.54, 1.807) is 16.7 Å². The minimum Gasteiger partial charge on any atom is -0.154 e. The molecule has 2 rings (SSSR count). The quantitative estimate of drug-likeness (QED) is 0.404. The minimum atomic E-state index is -0.866. The molecule has 0 spiro atoms. The van der Waals surface area contributed by atoms with E-state index in [2.05, 4.69) is 66.8 Å². The molecular weight excluding hydrogens is 383 g/mol. The summed E-state index contributed by atoms with van der Waals surface area (Å²) in [6.45, 7) is 18.9. The third-order valence-corrected chi connectivity index (χ3v) is 6.90. The maximum absolute atomic E-state index is 2.48. The van der Waals surface area contributed by atoms with Gasteiger partial charge in [-0.1, -0.05) is 51.9 Å². The van der Waals surface area contributed by atoms with Gasteiger partial charge in [0.1, 0.15) is 0 Å². The number of halogens is 1. The second-order valence-electron chi connectivity index (χ2n) is 6.98. The van der Waals surface area contributed by atoms with E-state index >= 15 is 0 Å². The van der Waals surface area contributed by atoms with Gasteiger partial charge in [0.25, 0.3) is 0 Å². The monoisotopic (exact) mass is 411 g/mol. The fourth-order valence-electron chi connectivity index (χ4n) is 3.89.